The molecule has 248 valence electrons. The normalized spacial score (nSPS) is 13.1. The summed E-state index contributed by atoms with van der Waals surface area (Å²) in [6.07, 6.45) is 31.6. The maximum Gasteiger partial charge on any atom is 0.469 e. The first-order chi connectivity index (χ1) is 20.8. The Bertz CT molecular complexity index is 845. The van der Waals surface area contributed by atoms with Crippen LogP contribution in [0.2, 0.25) is 0 Å². The first-order valence-corrected chi connectivity index (χ1v) is 17.6. The van der Waals surface area contributed by atoms with E-state index in [-0.39, 0.29) is 26.1 Å². The van der Waals surface area contributed by atoms with Gasteiger partial charge in [-0.15, -0.1) is 0 Å². The molecule has 0 spiro atoms. The molecule has 3 N–H and O–H groups in total. The molecule has 0 bridgehead atoms. The monoisotopic (exact) mass is 628 g/mol. The van der Waals surface area contributed by atoms with Crippen molar-refractivity contribution in [1.82, 2.24) is 0 Å². The van der Waals surface area contributed by atoms with E-state index < -0.39 is 32.5 Å². The molecule has 0 rings (SSSR count). The zero-order valence-corrected chi connectivity index (χ0v) is 27.2. The average Bonchev–Trinajstić information content (AvgIpc) is 2.97. The van der Waals surface area contributed by atoms with Gasteiger partial charge in [-0.25, -0.2) is 4.57 Å². The highest BCUT2D eigenvalue weighted by Crippen LogP contribution is 2.35. The number of unbranched alkanes of at least 4 members (excludes halogenated alkanes) is 10. The van der Waals surface area contributed by atoms with E-state index in [9.17, 15) is 14.2 Å². The highest BCUT2D eigenvalue weighted by atomic mass is 31.2. The quantitative estimate of drug-likeness (QED) is 0.0327. The lowest BCUT2D eigenvalue weighted by Gasteiger charge is -2.18. The second-order valence-electron chi connectivity index (χ2n) is 10.5. The van der Waals surface area contributed by atoms with Crippen molar-refractivity contribution < 1.29 is 43.0 Å². The SMILES string of the molecule is CCCCCCCCCC(=O)OC[C@H](COP(=O)(O)O)OC(=O)CCC/C=C\C/C=C\C/C=C\C/C=C\CCCCCO. The molecule has 0 aromatic heterocycles. The second-order valence-corrected chi connectivity index (χ2v) is 11.7. The van der Waals surface area contributed by atoms with Crippen molar-refractivity contribution in [2.24, 2.45) is 0 Å². The van der Waals surface area contributed by atoms with Crippen molar-refractivity contribution in [3.05, 3.63) is 48.6 Å². The molecule has 9 nitrogen and oxygen atoms in total. The van der Waals surface area contributed by atoms with Gasteiger partial charge >= 0.3 is 19.8 Å². The molecule has 10 heteroatoms. The first-order valence-electron chi connectivity index (χ1n) is 16.0. The molecule has 0 fully saturated rings. The molecule has 0 aromatic rings. The summed E-state index contributed by atoms with van der Waals surface area (Å²) in [6.45, 7) is 1.56. The van der Waals surface area contributed by atoms with Gasteiger partial charge in [-0.05, 0) is 57.8 Å². The fourth-order valence-corrected chi connectivity index (χ4v) is 4.35. The molecule has 0 aliphatic carbocycles. The summed E-state index contributed by atoms with van der Waals surface area (Å²) in [5.74, 6) is -0.977. The largest absolute Gasteiger partial charge is 0.469 e. The lowest BCUT2D eigenvalue weighted by molar-refractivity contribution is -0.161. The zero-order valence-electron chi connectivity index (χ0n) is 26.3. The van der Waals surface area contributed by atoms with Gasteiger partial charge < -0.3 is 24.4 Å². The summed E-state index contributed by atoms with van der Waals surface area (Å²) in [5, 5.41) is 8.75. The van der Waals surface area contributed by atoms with E-state index in [1.807, 2.05) is 12.2 Å². The Morgan fingerprint density at radius 2 is 1.16 bits per heavy atom. The highest BCUT2D eigenvalue weighted by Gasteiger charge is 2.22. The van der Waals surface area contributed by atoms with Gasteiger partial charge in [-0.2, -0.15) is 0 Å². The fraction of sp³-hybridized carbons (Fsp3) is 0.697. The van der Waals surface area contributed by atoms with E-state index in [4.69, 9.17) is 24.4 Å². The standard InChI is InChI=1S/C33H57O9P/c1-2-3-4-5-17-20-23-26-32(35)40-29-31(30-41-43(37,38)39)42-33(36)27-24-21-18-15-13-11-9-7-6-8-10-12-14-16-19-22-25-28-34/h6,8-9,11-12,14-15,18,31,34H,2-5,7,10,13,16-17,19-30H2,1H3,(H2,37,38,39)/b8-6-,11-9-,14-12-,18-15-/t31-/m1/s1. The smallest absolute Gasteiger partial charge is 0.462 e. The van der Waals surface area contributed by atoms with Crippen molar-refractivity contribution in [1.29, 1.82) is 0 Å². The Kier molecular flexibility index (Phi) is 28.6. The summed E-state index contributed by atoms with van der Waals surface area (Å²) in [7, 11) is -4.76. The number of ether oxygens (including phenoxy) is 2. The van der Waals surface area contributed by atoms with Gasteiger partial charge in [0.25, 0.3) is 0 Å². The Labute approximate surface area is 259 Å². The Balaban J connectivity index is 4.12. The molecular weight excluding hydrogens is 571 g/mol. The van der Waals surface area contributed by atoms with Crippen LogP contribution in [-0.2, 0) is 28.2 Å². The Morgan fingerprint density at radius 3 is 1.74 bits per heavy atom. The van der Waals surface area contributed by atoms with E-state index >= 15 is 0 Å². The van der Waals surface area contributed by atoms with Crippen LogP contribution in [0.15, 0.2) is 48.6 Å². The van der Waals surface area contributed by atoms with Gasteiger partial charge in [0.05, 0.1) is 6.61 Å². The first kappa shape index (κ1) is 41.0. The topological polar surface area (TPSA) is 140 Å². The van der Waals surface area contributed by atoms with Gasteiger partial charge in [0.1, 0.15) is 6.61 Å². The molecule has 0 heterocycles. The number of allylic oxidation sites excluding steroid dienone is 8. The van der Waals surface area contributed by atoms with Gasteiger partial charge in [-0.1, -0.05) is 100 Å². The number of aliphatic hydroxyl groups is 1. The number of rotatable bonds is 29. The number of carbonyl (C=O) groups is 2. The van der Waals surface area contributed by atoms with Crippen LogP contribution in [0.3, 0.4) is 0 Å². The number of phosphoric acid groups is 1. The molecule has 0 saturated heterocycles. The number of hydrogen-bond donors (Lipinski definition) is 3. The van der Waals surface area contributed by atoms with Gasteiger partial charge in [0, 0.05) is 19.4 Å². The van der Waals surface area contributed by atoms with E-state index in [0.717, 1.165) is 64.2 Å². The zero-order chi connectivity index (χ0) is 31.9. The van der Waals surface area contributed by atoms with E-state index in [2.05, 4.69) is 47.9 Å². The van der Waals surface area contributed by atoms with Gasteiger partial charge in [0.2, 0.25) is 0 Å². The summed E-state index contributed by atoms with van der Waals surface area (Å²) < 4.78 is 26.0. The van der Waals surface area contributed by atoms with Crippen LogP contribution < -0.4 is 0 Å². The molecule has 0 radical (unpaired) electrons. The fourth-order valence-electron chi connectivity index (χ4n) is 3.99. The number of carbonyl (C=O) groups excluding carboxylic acids is 2. The molecule has 0 amide bonds. The summed E-state index contributed by atoms with van der Waals surface area (Å²) in [4.78, 5) is 42.3. The summed E-state index contributed by atoms with van der Waals surface area (Å²) in [5.41, 5.74) is 0. The molecule has 0 aromatic carbocycles. The number of aliphatic hydroxyl groups excluding tert-OH is 1. The van der Waals surface area contributed by atoms with E-state index in [0.29, 0.717) is 19.3 Å². The van der Waals surface area contributed by atoms with Crippen molar-refractivity contribution in [2.75, 3.05) is 19.8 Å². The van der Waals surface area contributed by atoms with Crippen molar-refractivity contribution in [3.63, 3.8) is 0 Å². The predicted molar refractivity (Wildman–Crippen MR) is 171 cm³/mol. The maximum atomic E-state index is 12.2. The Morgan fingerprint density at radius 1 is 0.651 bits per heavy atom. The third-order valence-electron chi connectivity index (χ3n) is 6.41. The third-order valence-corrected chi connectivity index (χ3v) is 6.89. The van der Waals surface area contributed by atoms with Crippen LogP contribution in [-0.4, -0.2) is 52.8 Å². The van der Waals surface area contributed by atoms with Crippen LogP contribution >= 0.6 is 7.82 Å². The van der Waals surface area contributed by atoms with Crippen LogP contribution in [0, 0.1) is 0 Å². The van der Waals surface area contributed by atoms with Gasteiger partial charge in [0.15, 0.2) is 6.10 Å². The third kappa shape index (κ3) is 32.7. The van der Waals surface area contributed by atoms with Crippen LogP contribution in [0.5, 0.6) is 0 Å². The predicted octanol–water partition coefficient (Wildman–Crippen LogP) is 7.81. The minimum Gasteiger partial charge on any atom is -0.462 e. The van der Waals surface area contributed by atoms with Crippen molar-refractivity contribution in [3.8, 4) is 0 Å². The molecule has 0 aliphatic rings. The molecule has 1 atom stereocenters. The van der Waals surface area contributed by atoms with Crippen molar-refractivity contribution in [2.45, 2.75) is 129 Å². The number of phosphoric ester groups is 1. The van der Waals surface area contributed by atoms with Crippen molar-refractivity contribution >= 4 is 19.8 Å². The van der Waals surface area contributed by atoms with E-state index in [1.165, 1.54) is 19.3 Å². The highest BCUT2D eigenvalue weighted by molar-refractivity contribution is 7.46. The summed E-state index contributed by atoms with van der Waals surface area (Å²) in [6, 6.07) is 0. The van der Waals surface area contributed by atoms with E-state index in [1.54, 1.807) is 0 Å². The van der Waals surface area contributed by atoms with Crippen LogP contribution in [0.4, 0.5) is 0 Å². The molecule has 43 heavy (non-hydrogen) atoms. The maximum absolute atomic E-state index is 12.2. The molecule has 0 saturated carbocycles. The minimum absolute atomic E-state index is 0.125. The minimum atomic E-state index is -4.76. The van der Waals surface area contributed by atoms with Crippen LogP contribution in [0.1, 0.15) is 122 Å². The average molecular weight is 629 g/mol. The molecular formula is C33H57O9P. The lowest BCUT2D eigenvalue weighted by Crippen LogP contribution is -2.29. The number of hydrogen-bond acceptors (Lipinski definition) is 7. The Hall–Kier alpha value is -2.03. The number of esters is 2. The summed E-state index contributed by atoms with van der Waals surface area (Å²) >= 11 is 0. The lowest BCUT2D eigenvalue weighted by atomic mass is 10.1. The second kappa shape index (κ2) is 30.0. The van der Waals surface area contributed by atoms with Crippen LogP contribution in [0.25, 0.3) is 0 Å². The molecule has 0 unspecified atom stereocenters. The molecule has 0 aliphatic heterocycles. The van der Waals surface area contributed by atoms with Gasteiger partial charge in [-0.3, -0.25) is 14.1 Å².